The summed E-state index contributed by atoms with van der Waals surface area (Å²) in [5.74, 6) is 1.05. The van der Waals surface area contributed by atoms with E-state index in [9.17, 15) is 9.90 Å². The average Bonchev–Trinajstić information content (AvgIpc) is 3.01. The van der Waals surface area contributed by atoms with Gasteiger partial charge in [0, 0.05) is 24.7 Å². The number of carbonyl (C=O) groups excluding carboxylic acids is 1. The number of aromatic nitrogens is 1. The SMILES string of the molecule is COc1ccc(CCCC(=O)c2ccc(CC[C@@](C)(N)CO)n2C)cc1C. The second kappa shape index (κ2) is 9.20. The zero-order valence-corrected chi connectivity index (χ0v) is 16.9. The molecule has 1 heterocycles. The lowest BCUT2D eigenvalue weighted by atomic mass is 9.97. The molecule has 1 aromatic carbocycles. The molecule has 0 aliphatic rings. The van der Waals surface area contributed by atoms with Crippen LogP contribution in [0.5, 0.6) is 5.75 Å². The normalized spacial score (nSPS) is 13.4. The van der Waals surface area contributed by atoms with Crippen LogP contribution in [0, 0.1) is 6.92 Å². The number of carbonyl (C=O) groups is 1. The summed E-state index contributed by atoms with van der Waals surface area (Å²) in [5, 5.41) is 9.28. The molecule has 5 heteroatoms. The molecule has 0 amide bonds. The van der Waals surface area contributed by atoms with Crippen LogP contribution in [-0.2, 0) is 19.9 Å². The summed E-state index contributed by atoms with van der Waals surface area (Å²) in [5.41, 5.74) is 9.54. The largest absolute Gasteiger partial charge is 0.496 e. The Morgan fingerprint density at radius 3 is 2.63 bits per heavy atom. The van der Waals surface area contributed by atoms with Crippen LogP contribution in [0.25, 0.3) is 0 Å². The molecule has 2 aromatic rings. The zero-order chi connectivity index (χ0) is 20.0. The standard InChI is InChI=1S/C22H32N2O3/c1-16-14-17(8-11-21(16)27-4)6-5-7-20(26)19-10-9-18(24(19)3)12-13-22(2,23)15-25/h8-11,14,25H,5-7,12-13,15,23H2,1-4H3/t22-/m1/s1. The molecule has 1 atom stereocenters. The number of nitrogens with zero attached hydrogens (tertiary/aromatic N) is 1. The zero-order valence-electron chi connectivity index (χ0n) is 16.9. The van der Waals surface area contributed by atoms with E-state index >= 15 is 0 Å². The maximum Gasteiger partial charge on any atom is 0.179 e. The Balaban J connectivity index is 1.90. The number of Topliss-reactive ketones (excluding diaryl/α,β-unsaturated/α-hetero) is 1. The van der Waals surface area contributed by atoms with Crippen LogP contribution in [-0.4, -0.2) is 34.7 Å². The van der Waals surface area contributed by atoms with E-state index in [2.05, 4.69) is 12.1 Å². The molecule has 0 aliphatic heterocycles. The van der Waals surface area contributed by atoms with Crippen LogP contribution in [0.2, 0.25) is 0 Å². The highest BCUT2D eigenvalue weighted by molar-refractivity contribution is 5.94. The molecular weight excluding hydrogens is 340 g/mol. The minimum atomic E-state index is -0.592. The minimum absolute atomic E-state index is 0.0476. The number of ether oxygens (including phenoxy) is 1. The number of aliphatic hydroxyl groups is 1. The number of nitrogens with two attached hydrogens (primary N) is 1. The molecule has 5 nitrogen and oxygen atoms in total. The smallest absolute Gasteiger partial charge is 0.179 e. The summed E-state index contributed by atoms with van der Waals surface area (Å²) in [6.07, 6.45) is 3.62. The number of methoxy groups -OCH3 is 1. The van der Waals surface area contributed by atoms with Crippen molar-refractivity contribution in [2.45, 2.75) is 51.5 Å². The Kier molecular flexibility index (Phi) is 7.22. The third-order valence-corrected chi connectivity index (χ3v) is 5.15. The number of hydrogen-bond donors (Lipinski definition) is 2. The quantitative estimate of drug-likeness (QED) is 0.628. The summed E-state index contributed by atoms with van der Waals surface area (Å²) < 4.78 is 7.24. The summed E-state index contributed by atoms with van der Waals surface area (Å²) >= 11 is 0. The van der Waals surface area contributed by atoms with E-state index in [0.29, 0.717) is 12.8 Å². The van der Waals surface area contributed by atoms with Crippen molar-refractivity contribution in [1.82, 2.24) is 4.57 Å². The number of benzene rings is 1. The average molecular weight is 373 g/mol. The first-order valence-corrected chi connectivity index (χ1v) is 9.48. The molecular formula is C22H32N2O3. The molecule has 3 N–H and O–H groups in total. The molecule has 0 spiro atoms. The van der Waals surface area contributed by atoms with Crippen molar-refractivity contribution >= 4 is 5.78 Å². The first-order valence-electron chi connectivity index (χ1n) is 9.48. The maximum atomic E-state index is 12.6. The number of aliphatic hydroxyl groups excluding tert-OH is 1. The van der Waals surface area contributed by atoms with Gasteiger partial charge in [-0.05, 0) is 68.9 Å². The van der Waals surface area contributed by atoms with E-state index in [1.54, 1.807) is 7.11 Å². The van der Waals surface area contributed by atoms with Gasteiger partial charge in [-0.25, -0.2) is 0 Å². The molecule has 0 saturated heterocycles. The first-order chi connectivity index (χ1) is 12.8. The number of rotatable bonds is 10. The molecule has 0 unspecified atom stereocenters. The molecule has 0 aliphatic carbocycles. The molecule has 0 saturated carbocycles. The van der Waals surface area contributed by atoms with Crippen molar-refractivity contribution in [3.05, 3.63) is 52.8 Å². The van der Waals surface area contributed by atoms with Gasteiger partial charge in [-0.1, -0.05) is 12.1 Å². The molecule has 0 bridgehead atoms. The predicted octanol–water partition coefficient (Wildman–Crippen LogP) is 3.19. The van der Waals surface area contributed by atoms with Gasteiger partial charge in [-0.15, -0.1) is 0 Å². The van der Waals surface area contributed by atoms with E-state index < -0.39 is 5.54 Å². The van der Waals surface area contributed by atoms with Crippen molar-refractivity contribution in [3.8, 4) is 5.75 Å². The fourth-order valence-electron chi connectivity index (χ4n) is 3.25. The highest BCUT2D eigenvalue weighted by Crippen LogP contribution is 2.20. The van der Waals surface area contributed by atoms with Crippen LogP contribution in [0.4, 0.5) is 0 Å². The molecule has 1 aromatic heterocycles. The third-order valence-electron chi connectivity index (χ3n) is 5.15. The summed E-state index contributed by atoms with van der Waals surface area (Å²) in [6, 6.07) is 10.0. The van der Waals surface area contributed by atoms with Gasteiger partial charge in [0.15, 0.2) is 5.78 Å². The maximum absolute atomic E-state index is 12.6. The second-order valence-corrected chi connectivity index (χ2v) is 7.66. The Hall–Kier alpha value is -2.11. The first kappa shape index (κ1) is 21.2. The van der Waals surface area contributed by atoms with Crippen molar-refractivity contribution in [2.75, 3.05) is 13.7 Å². The number of aryl methyl sites for hydroxylation is 3. The molecule has 27 heavy (non-hydrogen) atoms. The van der Waals surface area contributed by atoms with Gasteiger partial charge < -0.3 is 20.1 Å². The van der Waals surface area contributed by atoms with E-state index in [4.69, 9.17) is 10.5 Å². The van der Waals surface area contributed by atoms with E-state index in [1.807, 2.05) is 43.7 Å². The summed E-state index contributed by atoms with van der Waals surface area (Å²) in [7, 11) is 3.59. The Morgan fingerprint density at radius 1 is 1.26 bits per heavy atom. The van der Waals surface area contributed by atoms with Crippen molar-refractivity contribution < 1.29 is 14.6 Å². The Morgan fingerprint density at radius 2 is 2.00 bits per heavy atom. The van der Waals surface area contributed by atoms with Gasteiger partial charge in [-0.3, -0.25) is 4.79 Å². The molecule has 2 rings (SSSR count). The molecule has 0 fully saturated rings. The lowest BCUT2D eigenvalue weighted by Gasteiger charge is -2.21. The van der Waals surface area contributed by atoms with Gasteiger partial charge in [-0.2, -0.15) is 0 Å². The number of ketones is 1. The molecule has 0 radical (unpaired) electrons. The van der Waals surface area contributed by atoms with Gasteiger partial charge in [0.05, 0.1) is 19.4 Å². The summed E-state index contributed by atoms with van der Waals surface area (Å²) in [4.78, 5) is 12.6. The monoisotopic (exact) mass is 372 g/mol. The van der Waals surface area contributed by atoms with Gasteiger partial charge >= 0.3 is 0 Å². The van der Waals surface area contributed by atoms with E-state index in [-0.39, 0.29) is 12.4 Å². The highest BCUT2D eigenvalue weighted by Gasteiger charge is 2.19. The number of hydrogen-bond acceptors (Lipinski definition) is 4. The predicted molar refractivity (Wildman–Crippen MR) is 108 cm³/mol. The fraction of sp³-hybridized carbons (Fsp3) is 0.500. The fourth-order valence-corrected chi connectivity index (χ4v) is 3.25. The third kappa shape index (κ3) is 5.68. The highest BCUT2D eigenvalue weighted by atomic mass is 16.5. The Labute approximate surface area is 162 Å². The topological polar surface area (TPSA) is 77.5 Å². The molecule has 148 valence electrons. The Bertz CT molecular complexity index is 778. The van der Waals surface area contributed by atoms with Crippen LogP contribution < -0.4 is 10.5 Å². The lowest BCUT2D eigenvalue weighted by molar-refractivity contribution is 0.0972. The van der Waals surface area contributed by atoms with Crippen LogP contribution in [0.3, 0.4) is 0 Å². The van der Waals surface area contributed by atoms with Gasteiger partial charge in [0.1, 0.15) is 5.75 Å². The lowest BCUT2D eigenvalue weighted by Crippen LogP contribution is -2.40. The second-order valence-electron chi connectivity index (χ2n) is 7.66. The van der Waals surface area contributed by atoms with Crippen molar-refractivity contribution in [3.63, 3.8) is 0 Å². The minimum Gasteiger partial charge on any atom is -0.496 e. The van der Waals surface area contributed by atoms with Crippen LogP contribution in [0.15, 0.2) is 30.3 Å². The van der Waals surface area contributed by atoms with Crippen molar-refractivity contribution in [1.29, 1.82) is 0 Å². The van der Waals surface area contributed by atoms with Crippen LogP contribution in [0.1, 0.15) is 53.5 Å². The van der Waals surface area contributed by atoms with Gasteiger partial charge in [0.2, 0.25) is 0 Å². The summed E-state index contributed by atoms with van der Waals surface area (Å²) in [6.45, 7) is 3.82. The van der Waals surface area contributed by atoms with E-state index in [1.165, 1.54) is 5.56 Å². The van der Waals surface area contributed by atoms with E-state index in [0.717, 1.165) is 42.0 Å². The van der Waals surface area contributed by atoms with Gasteiger partial charge in [0.25, 0.3) is 0 Å². The van der Waals surface area contributed by atoms with Crippen LogP contribution >= 0.6 is 0 Å². The van der Waals surface area contributed by atoms with Crippen molar-refractivity contribution in [2.24, 2.45) is 12.8 Å².